The van der Waals surface area contributed by atoms with Crippen LogP contribution in [0.5, 0.6) is 0 Å². The fraction of sp³-hybridized carbons (Fsp3) is 0.385. The first-order chi connectivity index (χ1) is 9.01. The van der Waals surface area contributed by atoms with Gasteiger partial charge in [-0.2, -0.15) is 0 Å². The van der Waals surface area contributed by atoms with Crippen LogP contribution >= 0.6 is 11.6 Å². The van der Waals surface area contributed by atoms with Crippen molar-refractivity contribution in [2.75, 3.05) is 5.32 Å². The molecule has 1 atom stereocenters. The number of halogens is 1. The summed E-state index contributed by atoms with van der Waals surface area (Å²) in [6, 6.07) is 5.26. The molecule has 104 valence electrons. The molecular weight excluding hydrogens is 266 g/mol. The molecule has 0 fully saturated rings. The average molecular weight is 284 g/mol. The van der Waals surface area contributed by atoms with E-state index in [1.54, 1.807) is 18.2 Å². The maximum atomic E-state index is 12.1. The molecule has 0 aromatic heterocycles. The Morgan fingerprint density at radius 3 is 2.84 bits per heavy atom. The Morgan fingerprint density at radius 2 is 2.26 bits per heavy atom. The second-order valence-electron chi connectivity index (χ2n) is 4.27. The number of carbonyl (C=O) groups excluding carboxylic acids is 1. The number of nitrogens with one attached hydrogen (secondary N) is 1. The second kappa shape index (κ2) is 6.99. The van der Waals surface area contributed by atoms with E-state index in [1.807, 2.05) is 13.8 Å². The van der Waals surface area contributed by atoms with Crippen molar-refractivity contribution in [3.63, 3.8) is 0 Å². The zero-order valence-corrected chi connectivity index (χ0v) is 11.7. The summed E-state index contributed by atoms with van der Waals surface area (Å²) < 4.78 is 0. The highest BCUT2D eigenvalue weighted by Crippen LogP contribution is 2.23. The lowest BCUT2D eigenvalue weighted by Gasteiger charge is -2.16. The highest BCUT2D eigenvalue weighted by atomic mass is 35.5. The van der Waals surface area contributed by atoms with Crippen molar-refractivity contribution in [2.24, 2.45) is 16.8 Å². The summed E-state index contributed by atoms with van der Waals surface area (Å²) in [4.78, 5) is 12.1. The molecule has 6 heteroatoms. The van der Waals surface area contributed by atoms with Crippen LogP contribution in [-0.4, -0.2) is 17.0 Å². The highest BCUT2D eigenvalue weighted by Gasteiger charge is 2.22. The molecule has 0 saturated heterocycles. The molecule has 0 bridgehead atoms. The first-order valence-corrected chi connectivity index (χ1v) is 6.42. The van der Waals surface area contributed by atoms with Gasteiger partial charge in [0.2, 0.25) is 5.91 Å². The molecule has 0 aliphatic rings. The van der Waals surface area contributed by atoms with Crippen molar-refractivity contribution in [2.45, 2.75) is 26.7 Å². The van der Waals surface area contributed by atoms with Crippen molar-refractivity contribution >= 4 is 29.0 Å². The number of amides is 1. The predicted molar refractivity (Wildman–Crippen MR) is 76.6 cm³/mol. The molecule has 0 spiro atoms. The number of nitrogens with zero attached hydrogens (tertiary/aromatic N) is 1. The van der Waals surface area contributed by atoms with Gasteiger partial charge >= 0.3 is 0 Å². The predicted octanol–water partition coefficient (Wildman–Crippen LogP) is 2.75. The molecule has 0 heterocycles. The number of anilines is 1. The van der Waals surface area contributed by atoms with Gasteiger partial charge in [-0.1, -0.05) is 36.2 Å². The fourth-order valence-electron chi connectivity index (χ4n) is 1.73. The third kappa shape index (κ3) is 3.86. The highest BCUT2D eigenvalue weighted by molar-refractivity contribution is 6.31. The summed E-state index contributed by atoms with van der Waals surface area (Å²) in [6.45, 7) is 3.74. The van der Waals surface area contributed by atoms with Crippen LogP contribution in [0.1, 0.15) is 25.3 Å². The van der Waals surface area contributed by atoms with Crippen LogP contribution < -0.4 is 11.1 Å². The van der Waals surface area contributed by atoms with E-state index in [-0.39, 0.29) is 11.7 Å². The molecule has 1 unspecified atom stereocenters. The molecule has 0 aliphatic heterocycles. The van der Waals surface area contributed by atoms with E-state index in [0.717, 1.165) is 12.0 Å². The van der Waals surface area contributed by atoms with Crippen molar-refractivity contribution in [1.82, 2.24) is 0 Å². The summed E-state index contributed by atoms with van der Waals surface area (Å²) in [6.07, 6.45) is 1.27. The van der Waals surface area contributed by atoms with Crippen LogP contribution in [-0.2, 0) is 4.79 Å². The Labute approximate surface area is 117 Å². The monoisotopic (exact) mass is 283 g/mol. The van der Waals surface area contributed by atoms with Crippen LogP contribution in [0.25, 0.3) is 0 Å². The van der Waals surface area contributed by atoms with Crippen molar-refractivity contribution in [3.05, 3.63) is 28.8 Å². The number of nitrogens with two attached hydrogens (primary N) is 1. The number of amidine groups is 1. The normalized spacial score (nSPS) is 13.1. The molecule has 0 saturated carbocycles. The van der Waals surface area contributed by atoms with Gasteiger partial charge in [0.25, 0.3) is 0 Å². The Morgan fingerprint density at radius 1 is 1.58 bits per heavy atom. The SMILES string of the molecule is CCCC(C(=O)Nc1cccc(Cl)c1C)C(N)=NO. The largest absolute Gasteiger partial charge is 0.409 e. The van der Waals surface area contributed by atoms with Gasteiger partial charge in [0.15, 0.2) is 5.84 Å². The van der Waals surface area contributed by atoms with Crippen molar-refractivity contribution < 1.29 is 10.0 Å². The fourth-order valence-corrected chi connectivity index (χ4v) is 1.91. The van der Waals surface area contributed by atoms with Gasteiger partial charge in [-0.25, -0.2) is 0 Å². The maximum absolute atomic E-state index is 12.1. The molecular formula is C13H18ClN3O2. The van der Waals surface area contributed by atoms with Gasteiger partial charge in [0, 0.05) is 10.7 Å². The minimum atomic E-state index is -0.645. The molecule has 0 radical (unpaired) electrons. The van der Waals surface area contributed by atoms with Gasteiger partial charge in [-0.05, 0) is 31.0 Å². The van der Waals surface area contributed by atoms with E-state index in [1.165, 1.54) is 0 Å². The lowest BCUT2D eigenvalue weighted by molar-refractivity contribution is -0.118. The smallest absolute Gasteiger partial charge is 0.235 e. The Balaban J connectivity index is 2.90. The standard InChI is InChI=1S/C13H18ClN3O2/c1-3-5-9(12(15)17-19)13(18)16-11-7-4-6-10(14)8(11)2/h4,6-7,9,19H,3,5H2,1-2H3,(H2,15,17)(H,16,18). The van der Waals surface area contributed by atoms with E-state index < -0.39 is 5.92 Å². The van der Waals surface area contributed by atoms with Gasteiger partial charge in [0.1, 0.15) is 0 Å². The number of hydrogen-bond acceptors (Lipinski definition) is 3. The first-order valence-electron chi connectivity index (χ1n) is 6.04. The third-order valence-electron chi connectivity index (χ3n) is 2.89. The Kier molecular flexibility index (Phi) is 5.63. The zero-order chi connectivity index (χ0) is 14.4. The Bertz CT molecular complexity index is 489. The lowest BCUT2D eigenvalue weighted by Crippen LogP contribution is -2.34. The number of carbonyl (C=O) groups is 1. The maximum Gasteiger partial charge on any atom is 0.235 e. The molecule has 1 amide bonds. The molecule has 1 rings (SSSR count). The number of oxime groups is 1. The van der Waals surface area contributed by atoms with E-state index in [4.69, 9.17) is 22.5 Å². The van der Waals surface area contributed by atoms with Crippen molar-refractivity contribution in [1.29, 1.82) is 0 Å². The summed E-state index contributed by atoms with van der Waals surface area (Å²) in [5, 5.41) is 15.0. The van der Waals surface area contributed by atoms with E-state index >= 15 is 0 Å². The molecule has 4 N–H and O–H groups in total. The summed E-state index contributed by atoms with van der Waals surface area (Å²) in [7, 11) is 0. The van der Waals surface area contributed by atoms with Gasteiger partial charge in [-0.15, -0.1) is 0 Å². The zero-order valence-electron chi connectivity index (χ0n) is 11.0. The first kappa shape index (κ1) is 15.3. The second-order valence-corrected chi connectivity index (χ2v) is 4.67. The number of hydrogen-bond donors (Lipinski definition) is 3. The quantitative estimate of drug-likeness (QED) is 0.336. The Hall–Kier alpha value is -1.75. The van der Waals surface area contributed by atoms with E-state index in [9.17, 15) is 4.79 Å². The van der Waals surface area contributed by atoms with E-state index in [0.29, 0.717) is 17.1 Å². The topological polar surface area (TPSA) is 87.7 Å². The van der Waals surface area contributed by atoms with Crippen LogP contribution in [0.3, 0.4) is 0 Å². The minimum Gasteiger partial charge on any atom is -0.409 e. The van der Waals surface area contributed by atoms with Gasteiger partial charge in [-0.3, -0.25) is 4.79 Å². The van der Waals surface area contributed by atoms with Crippen LogP contribution in [0.4, 0.5) is 5.69 Å². The summed E-state index contributed by atoms with van der Waals surface area (Å²) in [5.74, 6) is -1.03. The van der Waals surface area contributed by atoms with E-state index in [2.05, 4.69) is 10.5 Å². The third-order valence-corrected chi connectivity index (χ3v) is 3.30. The lowest BCUT2D eigenvalue weighted by atomic mass is 10.0. The molecule has 1 aromatic rings. The van der Waals surface area contributed by atoms with Crippen molar-refractivity contribution in [3.8, 4) is 0 Å². The van der Waals surface area contributed by atoms with Crippen LogP contribution in [0.15, 0.2) is 23.4 Å². The molecule has 1 aromatic carbocycles. The van der Waals surface area contributed by atoms with Gasteiger partial charge < -0.3 is 16.3 Å². The number of benzene rings is 1. The number of rotatable bonds is 5. The van der Waals surface area contributed by atoms with Gasteiger partial charge in [0.05, 0.1) is 5.92 Å². The summed E-state index contributed by atoms with van der Waals surface area (Å²) in [5.41, 5.74) is 6.95. The summed E-state index contributed by atoms with van der Waals surface area (Å²) >= 11 is 5.99. The van der Waals surface area contributed by atoms with Crippen LogP contribution in [0, 0.1) is 12.8 Å². The molecule has 19 heavy (non-hydrogen) atoms. The molecule has 0 aliphatic carbocycles. The minimum absolute atomic E-state index is 0.0842. The average Bonchev–Trinajstić information content (AvgIpc) is 2.40. The van der Waals surface area contributed by atoms with Crippen LogP contribution in [0.2, 0.25) is 5.02 Å². The molecule has 5 nitrogen and oxygen atoms in total.